The molecule has 0 amide bonds. The van der Waals surface area contributed by atoms with Crippen LogP contribution in [0.4, 0.5) is 22.0 Å². The maximum absolute atomic E-state index is 14.4. The second-order valence-electron chi connectivity index (χ2n) is 7.08. The number of benzene rings is 2. The van der Waals surface area contributed by atoms with Crippen molar-refractivity contribution in [2.45, 2.75) is 39.5 Å². The molecule has 164 valence electrons. The lowest BCUT2D eigenvalue weighted by atomic mass is 10.0. The summed E-state index contributed by atoms with van der Waals surface area (Å²) in [5.41, 5.74) is 1.38. The van der Waals surface area contributed by atoms with E-state index in [-0.39, 0.29) is 47.0 Å². The van der Waals surface area contributed by atoms with E-state index < -0.39 is 35.0 Å². The molecular formula is C22H18F5NO2S. The van der Waals surface area contributed by atoms with E-state index in [0.29, 0.717) is 5.56 Å². The molecule has 0 aliphatic rings. The molecule has 9 heteroatoms. The highest BCUT2D eigenvalue weighted by atomic mass is 32.1. The lowest BCUT2D eigenvalue weighted by Crippen LogP contribution is -2.09. The Labute approximate surface area is 179 Å². The van der Waals surface area contributed by atoms with E-state index in [4.69, 9.17) is 4.74 Å². The number of ketones is 1. The topological polar surface area (TPSA) is 39.2 Å². The fraction of sp³-hybridized carbons (Fsp3) is 0.273. The van der Waals surface area contributed by atoms with E-state index in [9.17, 15) is 26.7 Å². The molecule has 0 N–H and O–H groups in total. The second kappa shape index (κ2) is 9.13. The van der Waals surface area contributed by atoms with E-state index in [2.05, 4.69) is 4.37 Å². The van der Waals surface area contributed by atoms with Gasteiger partial charge in [-0.2, -0.15) is 17.5 Å². The van der Waals surface area contributed by atoms with Crippen molar-refractivity contribution in [1.82, 2.24) is 4.37 Å². The van der Waals surface area contributed by atoms with Crippen LogP contribution in [0.3, 0.4) is 0 Å². The van der Waals surface area contributed by atoms with E-state index in [1.54, 1.807) is 24.3 Å². The summed E-state index contributed by atoms with van der Waals surface area (Å²) < 4.78 is 78.2. The lowest BCUT2D eigenvalue weighted by molar-refractivity contribution is -0.135. The number of ether oxygens (including phenoxy) is 1. The maximum Gasteiger partial charge on any atom is 0.427 e. The van der Waals surface area contributed by atoms with Gasteiger partial charge in [-0.15, -0.1) is 0 Å². The fourth-order valence-electron chi connectivity index (χ4n) is 2.96. The zero-order valence-electron chi connectivity index (χ0n) is 16.6. The van der Waals surface area contributed by atoms with E-state index in [1.807, 2.05) is 6.92 Å². The molecule has 1 heterocycles. The molecule has 0 aliphatic carbocycles. The number of halogens is 5. The van der Waals surface area contributed by atoms with Crippen molar-refractivity contribution in [3.8, 4) is 17.0 Å². The summed E-state index contributed by atoms with van der Waals surface area (Å²) >= 11 is 0.263. The smallest absolute Gasteiger partial charge is 0.427 e. The lowest BCUT2D eigenvalue weighted by Gasteiger charge is -2.13. The minimum Gasteiger partial charge on any atom is -0.483 e. The Morgan fingerprint density at radius 3 is 2.26 bits per heavy atom. The van der Waals surface area contributed by atoms with E-state index in [1.165, 1.54) is 6.92 Å². The number of nitrogens with zero attached hydrogens (tertiary/aromatic N) is 1. The van der Waals surface area contributed by atoms with Crippen molar-refractivity contribution >= 4 is 17.3 Å². The van der Waals surface area contributed by atoms with Gasteiger partial charge < -0.3 is 9.53 Å². The van der Waals surface area contributed by atoms with Gasteiger partial charge in [-0.1, -0.05) is 29.8 Å². The molecule has 31 heavy (non-hydrogen) atoms. The van der Waals surface area contributed by atoms with Gasteiger partial charge >= 0.3 is 6.18 Å². The quantitative estimate of drug-likeness (QED) is 0.381. The monoisotopic (exact) mass is 455 g/mol. The van der Waals surface area contributed by atoms with Gasteiger partial charge in [0.2, 0.25) is 0 Å². The molecule has 0 atom stereocenters. The number of rotatable bonds is 7. The molecule has 0 radical (unpaired) electrons. The third kappa shape index (κ3) is 5.46. The van der Waals surface area contributed by atoms with Gasteiger partial charge in [0.1, 0.15) is 17.3 Å². The predicted molar refractivity (Wildman–Crippen MR) is 107 cm³/mol. The average molecular weight is 455 g/mol. The van der Waals surface area contributed by atoms with Crippen LogP contribution in [0.15, 0.2) is 36.4 Å². The number of Topliss-reactive ketones (excluding diaryl/α,β-unsaturated/α-hetero) is 1. The Kier molecular flexibility index (Phi) is 6.74. The molecule has 3 rings (SSSR count). The second-order valence-corrected chi connectivity index (χ2v) is 7.86. The normalized spacial score (nSPS) is 11.6. The highest BCUT2D eigenvalue weighted by Gasteiger charge is 2.38. The third-order valence-electron chi connectivity index (χ3n) is 4.56. The number of alkyl halides is 3. The Morgan fingerprint density at radius 1 is 1.10 bits per heavy atom. The molecule has 0 bridgehead atoms. The Bertz CT molecular complexity index is 1070. The van der Waals surface area contributed by atoms with Crippen LogP contribution in [-0.2, 0) is 24.0 Å². The molecular weight excluding hydrogens is 437 g/mol. The first-order chi connectivity index (χ1) is 14.6. The van der Waals surface area contributed by atoms with Gasteiger partial charge in [-0.3, -0.25) is 0 Å². The molecule has 0 fully saturated rings. The highest BCUT2D eigenvalue weighted by Crippen LogP contribution is 2.40. The van der Waals surface area contributed by atoms with Crippen molar-refractivity contribution < 1.29 is 31.5 Å². The van der Waals surface area contributed by atoms with Crippen LogP contribution in [0.25, 0.3) is 11.3 Å². The summed E-state index contributed by atoms with van der Waals surface area (Å²) in [7, 11) is 0. The number of carbonyl (C=O) groups excluding carboxylic acids is 1. The zero-order chi connectivity index (χ0) is 22.8. The van der Waals surface area contributed by atoms with Crippen LogP contribution >= 0.6 is 11.5 Å². The number of carbonyl (C=O) groups is 1. The molecule has 0 saturated heterocycles. The van der Waals surface area contributed by atoms with Gasteiger partial charge in [-0.05, 0) is 49.5 Å². The van der Waals surface area contributed by atoms with E-state index >= 15 is 0 Å². The van der Waals surface area contributed by atoms with Crippen LogP contribution in [-0.4, -0.2) is 10.2 Å². The number of aromatic nitrogens is 1. The summed E-state index contributed by atoms with van der Waals surface area (Å²) in [6, 6.07) is 8.73. The third-order valence-corrected chi connectivity index (χ3v) is 5.49. The number of hydrogen-bond acceptors (Lipinski definition) is 4. The van der Waals surface area contributed by atoms with Crippen LogP contribution < -0.4 is 4.74 Å². The fourth-order valence-corrected chi connectivity index (χ4v) is 3.73. The van der Waals surface area contributed by atoms with Crippen LogP contribution in [0, 0.1) is 18.6 Å². The van der Waals surface area contributed by atoms with Crippen molar-refractivity contribution in [3.05, 3.63) is 69.6 Å². The van der Waals surface area contributed by atoms with Crippen molar-refractivity contribution in [2.24, 2.45) is 0 Å². The first-order valence-corrected chi connectivity index (χ1v) is 10.1. The van der Waals surface area contributed by atoms with Crippen LogP contribution in [0.5, 0.6) is 5.75 Å². The minimum absolute atomic E-state index is 0.0521. The Morgan fingerprint density at radius 2 is 1.71 bits per heavy atom. The summed E-state index contributed by atoms with van der Waals surface area (Å²) in [5, 5.41) is 0. The minimum atomic E-state index is -4.69. The van der Waals surface area contributed by atoms with Crippen molar-refractivity contribution in [1.29, 1.82) is 0 Å². The molecule has 0 saturated carbocycles. The Balaban J connectivity index is 1.91. The first-order valence-electron chi connectivity index (χ1n) is 9.29. The van der Waals surface area contributed by atoms with Gasteiger partial charge in [0.25, 0.3) is 0 Å². The molecule has 0 unspecified atom stereocenters. The van der Waals surface area contributed by atoms with Crippen LogP contribution in [0.1, 0.15) is 34.9 Å². The molecule has 3 nitrogen and oxygen atoms in total. The molecule has 1 aromatic heterocycles. The Hall–Kier alpha value is -2.81. The average Bonchev–Trinajstić information content (AvgIpc) is 3.10. The zero-order valence-corrected chi connectivity index (χ0v) is 17.5. The largest absolute Gasteiger partial charge is 0.483 e. The first kappa shape index (κ1) is 22.9. The summed E-state index contributed by atoms with van der Waals surface area (Å²) in [6.45, 7) is 2.49. The highest BCUT2D eigenvalue weighted by molar-refractivity contribution is 7.06. The maximum atomic E-state index is 14.4. The van der Waals surface area contributed by atoms with Gasteiger partial charge in [0, 0.05) is 17.5 Å². The number of aryl methyl sites for hydroxylation is 2. The van der Waals surface area contributed by atoms with E-state index in [0.717, 1.165) is 17.7 Å². The van der Waals surface area contributed by atoms with Gasteiger partial charge in [0.15, 0.2) is 17.4 Å². The predicted octanol–water partition coefficient (Wildman–Crippen LogP) is 6.52. The molecule has 0 spiro atoms. The van der Waals surface area contributed by atoms with Gasteiger partial charge in [0.05, 0.1) is 5.69 Å². The number of hydrogen-bond donors (Lipinski definition) is 0. The summed E-state index contributed by atoms with van der Waals surface area (Å²) in [5.74, 6) is -3.01. The van der Waals surface area contributed by atoms with Crippen molar-refractivity contribution in [2.75, 3.05) is 0 Å². The molecule has 0 aliphatic heterocycles. The van der Waals surface area contributed by atoms with Crippen LogP contribution in [0.2, 0.25) is 0 Å². The van der Waals surface area contributed by atoms with Crippen molar-refractivity contribution in [3.63, 3.8) is 0 Å². The summed E-state index contributed by atoms with van der Waals surface area (Å²) in [6.07, 6.45) is -4.42. The SMILES string of the molecule is CC(=O)CCc1cc(F)c(OCc2c(-c3ccc(C)cc3)nsc2C(F)(F)F)c(F)c1. The summed E-state index contributed by atoms with van der Waals surface area (Å²) in [4.78, 5) is 10.1. The molecule has 2 aromatic carbocycles. The van der Waals surface area contributed by atoms with Gasteiger partial charge in [-0.25, -0.2) is 8.78 Å². The molecule has 3 aromatic rings. The standard InChI is InChI=1S/C22H18F5NO2S/c1-12-3-7-15(8-4-12)19-16(21(31-28-19)22(25,26)27)11-30-20-17(23)9-14(10-18(20)24)6-5-13(2)29/h3-4,7-10H,5-6,11H2,1-2H3.